The number of para-hydroxylation sites is 1. The van der Waals surface area contributed by atoms with E-state index in [1.165, 1.54) is 19.3 Å². The van der Waals surface area contributed by atoms with Crippen LogP contribution in [0.3, 0.4) is 0 Å². The first-order valence-electron chi connectivity index (χ1n) is 4.18. The molecule has 1 aromatic carbocycles. The van der Waals surface area contributed by atoms with Crippen molar-refractivity contribution in [2.45, 2.75) is 6.92 Å². The summed E-state index contributed by atoms with van der Waals surface area (Å²) in [6.07, 6.45) is 2.70. The zero-order valence-electron chi connectivity index (χ0n) is 7.60. The van der Waals surface area contributed by atoms with E-state index in [9.17, 15) is 10.0 Å². The topological polar surface area (TPSA) is 56.9 Å². The van der Waals surface area contributed by atoms with Crippen molar-refractivity contribution in [1.82, 2.24) is 4.98 Å². The van der Waals surface area contributed by atoms with E-state index in [1.54, 1.807) is 18.2 Å². The van der Waals surface area contributed by atoms with Gasteiger partial charge in [0.15, 0.2) is 12.0 Å². The second-order valence-corrected chi connectivity index (χ2v) is 2.98. The molecule has 0 fully saturated rings. The quantitative estimate of drug-likeness (QED) is 0.382. The predicted octanol–water partition coefficient (Wildman–Crippen LogP) is 1.07. The highest BCUT2D eigenvalue weighted by molar-refractivity contribution is 6.03. The third kappa shape index (κ3) is 1.21. The molecule has 1 heterocycles. The Balaban J connectivity index is 2.88. The van der Waals surface area contributed by atoms with Gasteiger partial charge in [0.25, 0.3) is 0 Å². The molecule has 0 aliphatic heterocycles. The number of hydrogen-bond acceptors (Lipinski definition) is 3. The van der Waals surface area contributed by atoms with Crippen molar-refractivity contribution in [2.75, 3.05) is 0 Å². The van der Waals surface area contributed by atoms with Crippen LogP contribution in [-0.4, -0.2) is 10.8 Å². The molecule has 70 valence electrons. The van der Waals surface area contributed by atoms with Crippen LogP contribution in [0.5, 0.6) is 0 Å². The molecule has 0 atom stereocenters. The molecule has 0 amide bonds. The van der Waals surface area contributed by atoms with Gasteiger partial charge in [-0.15, -0.1) is 0 Å². The Morgan fingerprint density at radius 1 is 1.50 bits per heavy atom. The Bertz CT molecular complexity index is 508. The summed E-state index contributed by atoms with van der Waals surface area (Å²) in [4.78, 5) is 15.2. The second-order valence-electron chi connectivity index (χ2n) is 2.98. The van der Waals surface area contributed by atoms with E-state index in [1.807, 2.05) is 0 Å². The molecule has 0 radical (unpaired) electrons. The molecule has 1 aromatic heterocycles. The predicted molar refractivity (Wildman–Crippen MR) is 50.7 cm³/mol. The number of ketones is 1. The summed E-state index contributed by atoms with van der Waals surface area (Å²) in [6.45, 7) is 1.46. The number of aromatic nitrogens is 2. The summed E-state index contributed by atoms with van der Waals surface area (Å²) in [5.74, 6) is -0.0886. The standard InChI is InChI=1S/C10H8N2O2/c1-7(13)8-3-2-4-9-10(8)11-5-6-12(9)14/h2-6H,1H3. The smallest absolute Gasteiger partial charge is 0.243 e. The molecular weight excluding hydrogens is 180 g/mol. The van der Waals surface area contributed by atoms with E-state index in [2.05, 4.69) is 4.98 Å². The highest BCUT2D eigenvalue weighted by atomic mass is 16.5. The van der Waals surface area contributed by atoms with Gasteiger partial charge in [0, 0.05) is 11.6 Å². The fraction of sp³-hybridized carbons (Fsp3) is 0.100. The van der Waals surface area contributed by atoms with E-state index < -0.39 is 0 Å². The van der Waals surface area contributed by atoms with E-state index in [0.717, 1.165) is 0 Å². The number of Topliss-reactive ketones (excluding diaryl/α,β-unsaturated/α-hetero) is 1. The fourth-order valence-corrected chi connectivity index (χ4v) is 1.38. The molecule has 0 unspecified atom stereocenters. The van der Waals surface area contributed by atoms with Crippen molar-refractivity contribution in [3.63, 3.8) is 0 Å². The number of benzene rings is 1. The highest BCUT2D eigenvalue weighted by Gasteiger charge is 2.11. The number of hydrogen-bond donors (Lipinski definition) is 0. The van der Waals surface area contributed by atoms with Crippen LogP contribution in [0.4, 0.5) is 0 Å². The summed E-state index contributed by atoms with van der Waals surface area (Å²) in [5, 5.41) is 11.3. The summed E-state index contributed by atoms with van der Waals surface area (Å²) in [6, 6.07) is 4.98. The second kappa shape index (κ2) is 3.06. The minimum absolute atomic E-state index is 0.0886. The lowest BCUT2D eigenvalue weighted by molar-refractivity contribution is -0.577. The number of nitrogens with zero attached hydrogens (tertiary/aromatic N) is 2. The van der Waals surface area contributed by atoms with Crippen LogP contribution >= 0.6 is 0 Å². The third-order valence-corrected chi connectivity index (χ3v) is 2.04. The molecule has 0 aliphatic rings. The maximum Gasteiger partial charge on any atom is 0.243 e. The van der Waals surface area contributed by atoms with Crippen LogP contribution in [0.2, 0.25) is 0 Å². The number of carbonyl (C=O) groups is 1. The molecule has 4 heteroatoms. The summed E-state index contributed by atoms with van der Waals surface area (Å²) in [5.41, 5.74) is 1.35. The molecule has 14 heavy (non-hydrogen) atoms. The van der Waals surface area contributed by atoms with E-state index >= 15 is 0 Å². The maximum atomic E-state index is 11.3. The molecule has 2 aromatic rings. The van der Waals surface area contributed by atoms with Crippen LogP contribution in [0.25, 0.3) is 11.0 Å². The van der Waals surface area contributed by atoms with Crippen molar-refractivity contribution < 1.29 is 9.52 Å². The molecule has 0 saturated heterocycles. The molecule has 0 aliphatic carbocycles. The van der Waals surface area contributed by atoms with E-state index in [4.69, 9.17) is 0 Å². The van der Waals surface area contributed by atoms with Crippen molar-refractivity contribution in [2.24, 2.45) is 0 Å². The number of rotatable bonds is 1. The van der Waals surface area contributed by atoms with Gasteiger partial charge in [-0.2, -0.15) is 4.73 Å². The van der Waals surface area contributed by atoms with Crippen LogP contribution in [0, 0.1) is 5.21 Å². The first kappa shape index (κ1) is 8.62. The first-order valence-corrected chi connectivity index (χ1v) is 4.18. The summed E-state index contributed by atoms with van der Waals surface area (Å²) >= 11 is 0. The molecule has 0 bridgehead atoms. The summed E-state index contributed by atoms with van der Waals surface area (Å²) < 4.78 is 0.703. The highest BCUT2D eigenvalue weighted by Crippen LogP contribution is 2.12. The minimum Gasteiger partial charge on any atom is -0.618 e. The third-order valence-electron chi connectivity index (χ3n) is 2.04. The van der Waals surface area contributed by atoms with Crippen molar-refractivity contribution in [1.29, 1.82) is 0 Å². The lowest BCUT2D eigenvalue weighted by atomic mass is 10.1. The largest absolute Gasteiger partial charge is 0.618 e. The molecule has 2 rings (SSSR count). The van der Waals surface area contributed by atoms with Crippen LogP contribution < -0.4 is 4.73 Å². The molecule has 0 spiro atoms. The molecular formula is C10H8N2O2. The first-order chi connectivity index (χ1) is 6.70. The van der Waals surface area contributed by atoms with Crippen molar-refractivity contribution >= 4 is 16.8 Å². The maximum absolute atomic E-state index is 11.3. The van der Waals surface area contributed by atoms with Gasteiger partial charge in [-0.05, 0) is 13.0 Å². The minimum atomic E-state index is -0.0886. The zero-order chi connectivity index (χ0) is 10.1. The van der Waals surface area contributed by atoms with Crippen LogP contribution in [0.15, 0.2) is 30.6 Å². The Kier molecular flexibility index (Phi) is 1.89. The van der Waals surface area contributed by atoms with Crippen molar-refractivity contribution in [3.05, 3.63) is 41.4 Å². The molecule has 0 N–H and O–H groups in total. The normalized spacial score (nSPS) is 10.4. The van der Waals surface area contributed by atoms with E-state index in [-0.39, 0.29) is 5.78 Å². The number of fused-ring (bicyclic) bond motifs is 1. The lowest BCUT2D eigenvalue weighted by Gasteiger charge is -2.02. The van der Waals surface area contributed by atoms with Crippen LogP contribution in [0.1, 0.15) is 17.3 Å². The molecule has 0 saturated carbocycles. The van der Waals surface area contributed by atoms with Gasteiger partial charge < -0.3 is 5.21 Å². The van der Waals surface area contributed by atoms with Gasteiger partial charge in [0.1, 0.15) is 5.52 Å². The van der Waals surface area contributed by atoms with Crippen molar-refractivity contribution in [3.8, 4) is 0 Å². The van der Waals surface area contributed by atoms with Crippen LogP contribution in [-0.2, 0) is 0 Å². The monoisotopic (exact) mass is 188 g/mol. The average Bonchev–Trinajstić information content (AvgIpc) is 2.17. The fourth-order valence-electron chi connectivity index (χ4n) is 1.38. The Hall–Kier alpha value is -1.97. The average molecular weight is 188 g/mol. The SMILES string of the molecule is CC(=O)c1cccc2c1ncc[n+]2[O-]. The Labute approximate surface area is 80.4 Å². The Morgan fingerprint density at radius 2 is 2.29 bits per heavy atom. The number of carbonyl (C=O) groups excluding carboxylic acids is 1. The van der Waals surface area contributed by atoms with Gasteiger partial charge in [0.05, 0.1) is 6.20 Å². The summed E-state index contributed by atoms with van der Waals surface area (Å²) in [7, 11) is 0. The van der Waals surface area contributed by atoms with Gasteiger partial charge in [-0.25, -0.2) is 4.98 Å². The lowest BCUT2D eigenvalue weighted by Crippen LogP contribution is -2.26. The molecule has 4 nitrogen and oxygen atoms in total. The van der Waals surface area contributed by atoms with Gasteiger partial charge in [0.2, 0.25) is 5.52 Å². The van der Waals surface area contributed by atoms with Gasteiger partial charge in [-0.3, -0.25) is 4.79 Å². The zero-order valence-corrected chi connectivity index (χ0v) is 7.60. The van der Waals surface area contributed by atoms with E-state index in [0.29, 0.717) is 21.3 Å². The Morgan fingerprint density at radius 3 is 3.00 bits per heavy atom. The van der Waals surface area contributed by atoms with Gasteiger partial charge in [-0.1, -0.05) is 6.07 Å². The van der Waals surface area contributed by atoms with Gasteiger partial charge >= 0.3 is 0 Å².